The Balaban J connectivity index is 2.07. The van der Waals surface area contributed by atoms with Gasteiger partial charge in [0.25, 0.3) is 0 Å². The van der Waals surface area contributed by atoms with Gasteiger partial charge in [0.15, 0.2) is 0 Å². The van der Waals surface area contributed by atoms with Crippen molar-refractivity contribution in [1.82, 2.24) is 15.0 Å². The van der Waals surface area contributed by atoms with Gasteiger partial charge in [0.05, 0.1) is 0 Å². The fourth-order valence-corrected chi connectivity index (χ4v) is 2.29. The zero-order valence-corrected chi connectivity index (χ0v) is 13.0. The highest BCUT2D eigenvalue weighted by Gasteiger charge is 2.27. The Labute approximate surface area is 121 Å². The van der Waals surface area contributed by atoms with Gasteiger partial charge in [-0.3, -0.25) is 0 Å². The van der Waals surface area contributed by atoms with E-state index in [-0.39, 0.29) is 0 Å². The van der Waals surface area contributed by atoms with E-state index in [1.807, 2.05) is 7.05 Å². The van der Waals surface area contributed by atoms with Crippen LogP contribution in [0, 0.1) is 11.8 Å². The fraction of sp³-hybridized carbons (Fsp3) is 0.786. The van der Waals surface area contributed by atoms with Crippen molar-refractivity contribution in [2.24, 2.45) is 11.8 Å². The Hall–Kier alpha value is -1.59. The number of nitrogens with zero attached hydrogens (tertiary/aromatic N) is 4. The number of rotatable bonds is 8. The summed E-state index contributed by atoms with van der Waals surface area (Å²) in [6.07, 6.45) is 2.74. The summed E-state index contributed by atoms with van der Waals surface area (Å²) in [5.41, 5.74) is 0. The Morgan fingerprint density at radius 1 is 1.15 bits per heavy atom. The second kappa shape index (κ2) is 6.72. The monoisotopic (exact) mass is 278 g/mol. The minimum atomic E-state index is 0.614. The van der Waals surface area contributed by atoms with Gasteiger partial charge >= 0.3 is 0 Å². The van der Waals surface area contributed by atoms with Crippen LogP contribution < -0.4 is 15.5 Å². The third kappa shape index (κ3) is 3.71. The van der Waals surface area contributed by atoms with Crippen LogP contribution in [0.3, 0.4) is 0 Å². The van der Waals surface area contributed by atoms with E-state index in [2.05, 4.69) is 51.3 Å². The molecule has 0 aromatic carbocycles. The first-order valence-corrected chi connectivity index (χ1v) is 7.60. The van der Waals surface area contributed by atoms with Crippen molar-refractivity contribution in [1.29, 1.82) is 0 Å². The van der Waals surface area contributed by atoms with E-state index >= 15 is 0 Å². The SMILES string of the molecule is CCN(CC)c1nc(NC)nc(NCC(C)C2CC2)n1. The number of aromatic nitrogens is 3. The van der Waals surface area contributed by atoms with Gasteiger partial charge in [0, 0.05) is 26.7 Å². The Morgan fingerprint density at radius 3 is 2.35 bits per heavy atom. The molecule has 1 aliphatic rings. The summed E-state index contributed by atoms with van der Waals surface area (Å²) >= 11 is 0. The molecule has 1 unspecified atom stereocenters. The highest BCUT2D eigenvalue weighted by Crippen LogP contribution is 2.36. The van der Waals surface area contributed by atoms with E-state index in [0.717, 1.165) is 31.5 Å². The number of anilines is 3. The van der Waals surface area contributed by atoms with Crippen LogP contribution in [0.15, 0.2) is 0 Å². The van der Waals surface area contributed by atoms with Crippen molar-refractivity contribution in [3.63, 3.8) is 0 Å². The molecule has 1 aliphatic carbocycles. The van der Waals surface area contributed by atoms with Gasteiger partial charge in [-0.2, -0.15) is 15.0 Å². The molecule has 1 fully saturated rings. The van der Waals surface area contributed by atoms with Crippen LogP contribution in [0.2, 0.25) is 0 Å². The molecule has 20 heavy (non-hydrogen) atoms. The predicted molar refractivity (Wildman–Crippen MR) is 83.3 cm³/mol. The van der Waals surface area contributed by atoms with Gasteiger partial charge in [-0.1, -0.05) is 6.92 Å². The van der Waals surface area contributed by atoms with Gasteiger partial charge in [0.1, 0.15) is 0 Å². The lowest BCUT2D eigenvalue weighted by Crippen LogP contribution is -2.25. The smallest absolute Gasteiger partial charge is 0.231 e. The quantitative estimate of drug-likeness (QED) is 0.760. The Kier molecular flexibility index (Phi) is 4.98. The molecule has 0 saturated heterocycles. The predicted octanol–water partition coefficient (Wildman–Crippen LogP) is 2.22. The molecule has 0 spiro atoms. The van der Waals surface area contributed by atoms with Crippen LogP contribution in [0.4, 0.5) is 17.8 Å². The summed E-state index contributed by atoms with van der Waals surface area (Å²) < 4.78 is 0. The van der Waals surface area contributed by atoms with E-state index < -0.39 is 0 Å². The maximum Gasteiger partial charge on any atom is 0.231 e. The summed E-state index contributed by atoms with van der Waals surface area (Å²) in [5, 5.41) is 6.36. The topological polar surface area (TPSA) is 66.0 Å². The van der Waals surface area contributed by atoms with Gasteiger partial charge in [-0.05, 0) is 38.5 Å². The molecule has 6 nitrogen and oxygen atoms in total. The number of nitrogens with one attached hydrogen (secondary N) is 2. The molecule has 0 amide bonds. The molecule has 112 valence electrons. The largest absolute Gasteiger partial charge is 0.357 e. The van der Waals surface area contributed by atoms with Crippen LogP contribution in [0.1, 0.15) is 33.6 Å². The minimum absolute atomic E-state index is 0.614. The third-order valence-corrected chi connectivity index (χ3v) is 3.90. The van der Waals surface area contributed by atoms with Crippen LogP contribution in [0.5, 0.6) is 0 Å². The van der Waals surface area contributed by atoms with Gasteiger partial charge < -0.3 is 15.5 Å². The van der Waals surface area contributed by atoms with E-state index in [1.165, 1.54) is 12.8 Å². The average Bonchev–Trinajstić information content (AvgIpc) is 3.30. The highest BCUT2D eigenvalue weighted by molar-refractivity contribution is 5.43. The van der Waals surface area contributed by atoms with Crippen molar-refractivity contribution in [3.8, 4) is 0 Å². The molecular weight excluding hydrogens is 252 g/mol. The average molecular weight is 278 g/mol. The minimum Gasteiger partial charge on any atom is -0.357 e. The molecule has 6 heteroatoms. The van der Waals surface area contributed by atoms with Gasteiger partial charge in [-0.25, -0.2) is 0 Å². The van der Waals surface area contributed by atoms with Crippen molar-refractivity contribution in [2.75, 3.05) is 42.2 Å². The van der Waals surface area contributed by atoms with Crippen molar-refractivity contribution in [2.45, 2.75) is 33.6 Å². The summed E-state index contributed by atoms with van der Waals surface area (Å²) in [6, 6.07) is 0. The molecular formula is C14H26N6. The number of hydrogen-bond donors (Lipinski definition) is 2. The number of hydrogen-bond acceptors (Lipinski definition) is 6. The zero-order valence-electron chi connectivity index (χ0n) is 13.0. The highest BCUT2D eigenvalue weighted by atomic mass is 15.3. The molecule has 0 aliphatic heterocycles. The second-order valence-electron chi connectivity index (χ2n) is 5.40. The van der Waals surface area contributed by atoms with Crippen LogP contribution in [-0.4, -0.2) is 41.6 Å². The molecule has 0 radical (unpaired) electrons. The third-order valence-electron chi connectivity index (χ3n) is 3.90. The van der Waals surface area contributed by atoms with E-state index in [0.29, 0.717) is 17.8 Å². The molecule has 1 heterocycles. The maximum atomic E-state index is 4.53. The van der Waals surface area contributed by atoms with Gasteiger partial charge in [0.2, 0.25) is 17.8 Å². The standard InChI is InChI=1S/C14H26N6/c1-5-20(6-2)14-18-12(15-4)17-13(19-14)16-9-10(3)11-7-8-11/h10-11H,5-9H2,1-4H3,(H2,15,16,17,18,19). The lowest BCUT2D eigenvalue weighted by Gasteiger charge is -2.20. The summed E-state index contributed by atoms with van der Waals surface area (Å²) in [4.78, 5) is 15.5. The first kappa shape index (κ1) is 14.8. The molecule has 1 aromatic heterocycles. The first-order chi connectivity index (χ1) is 9.67. The van der Waals surface area contributed by atoms with E-state index in [4.69, 9.17) is 0 Å². The Morgan fingerprint density at radius 2 is 1.80 bits per heavy atom. The van der Waals surface area contributed by atoms with Gasteiger partial charge in [-0.15, -0.1) is 0 Å². The zero-order chi connectivity index (χ0) is 14.5. The summed E-state index contributed by atoms with van der Waals surface area (Å²) in [5.74, 6) is 3.58. The molecule has 2 rings (SSSR count). The van der Waals surface area contributed by atoms with E-state index in [1.54, 1.807) is 0 Å². The van der Waals surface area contributed by atoms with Crippen molar-refractivity contribution in [3.05, 3.63) is 0 Å². The summed E-state index contributed by atoms with van der Waals surface area (Å²) in [7, 11) is 1.83. The molecule has 2 N–H and O–H groups in total. The van der Waals surface area contributed by atoms with Crippen LogP contribution >= 0.6 is 0 Å². The molecule has 1 aromatic rings. The maximum absolute atomic E-state index is 4.53. The second-order valence-corrected chi connectivity index (χ2v) is 5.40. The van der Waals surface area contributed by atoms with Crippen LogP contribution in [-0.2, 0) is 0 Å². The fourth-order valence-electron chi connectivity index (χ4n) is 2.29. The molecule has 1 atom stereocenters. The Bertz CT molecular complexity index is 428. The molecule has 0 bridgehead atoms. The van der Waals surface area contributed by atoms with E-state index in [9.17, 15) is 0 Å². The lowest BCUT2D eigenvalue weighted by atomic mass is 10.1. The van der Waals surface area contributed by atoms with Crippen molar-refractivity contribution < 1.29 is 0 Å². The molecule has 1 saturated carbocycles. The lowest BCUT2D eigenvalue weighted by molar-refractivity contribution is 0.535. The summed E-state index contributed by atoms with van der Waals surface area (Å²) in [6.45, 7) is 9.21. The van der Waals surface area contributed by atoms with Crippen LogP contribution in [0.25, 0.3) is 0 Å². The normalized spacial score (nSPS) is 15.8. The van der Waals surface area contributed by atoms with Crippen molar-refractivity contribution >= 4 is 17.8 Å². The first-order valence-electron chi connectivity index (χ1n) is 7.60.